The van der Waals surface area contributed by atoms with Gasteiger partial charge in [-0.25, -0.2) is 0 Å². The topological polar surface area (TPSA) is 32.7 Å². The molecule has 2 aliphatic heterocycles. The van der Waals surface area contributed by atoms with Crippen LogP contribution < -0.4 is 4.74 Å². The van der Waals surface area contributed by atoms with Crippen LogP contribution in [0.2, 0.25) is 5.02 Å². The molecule has 25 heavy (non-hydrogen) atoms. The summed E-state index contributed by atoms with van der Waals surface area (Å²) in [5.74, 6) is 0.972. The van der Waals surface area contributed by atoms with Crippen LogP contribution in [-0.4, -0.2) is 35.2 Å². The molecule has 1 unspecified atom stereocenters. The van der Waals surface area contributed by atoms with Gasteiger partial charge in [0.15, 0.2) is 0 Å². The highest BCUT2D eigenvalue weighted by molar-refractivity contribution is 6.30. The van der Waals surface area contributed by atoms with Crippen LogP contribution in [0.5, 0.6) is 5.75 Å². The maximum atomic E-state index is 10.5. The van der Waals surface area contributed by atoms with E-state index >= 15 is 0 Å². The van der Waals surface area contributed by atoms with Gasteiger partial charge in [-0.15, -0.1) is 0 Å². The summed E-state index contributed by atoms with van der Waals surface area (Å²) in [6.45, 7) is 2.46. The Kier molecular flexibility index (Phi) is 4.55. The van der Waals surface area contributed by atoms with E-state index < -0.39 is 6.10 Å². The Morgan fingerprint density at radius 2 is 1.80 bits per heavy atom. The molecule has 0 saturated carbocycles. The Balaban J connectivity index is 1.37. The zero-order chi connectivity index (χ0) is 17.3. The lowest BCUT2D eigenvalue weighted by Crippen LogP contribution is -2.48. The number of likely N-dealkylation sites (tertiary alicyclic amines) is 1. The van der Waals surface area contributed by atoms with Gasteiger partial charge in [0.05, 0.1) is 6.10 Å². The van der Waals surface area contributed by atoms with Crippen molar-refractivity contribution in [3.63, 3.8) is 0 Å². The smallest absolute Gasteiger partial charge is 0.130 e. The molecule has 1 fully saturated rings. The van der Waals surface area contributed by atoms with E-state index in [4.69, 9.17) is 16.3 Å². The number of aliphatic hydroxyl groups excluding tert-OH is 1. The lowest BCUT2D eigenvalue weighted by molar-refractivity contribution is 0.0201. The van der Waals surface area contributed by atoms with Crippen LogP contribution in [0.15, 0.2) is 54.6 Å². The fourth-order valence-corrected chi connectivity index (χ4v) is 3.75. The standard InChI is InChI=1S/C21H22ClNO2/c22-18-7-5-16(6-8-18)19(24)15-23-13-11-21(12-14-23)10-9-17-3-1-2-4-20(17)25-21/h1-10,19,24H,11-15H2. The van der Waals surface area contributed by atoms with Gasteiger partial charge < -0.3 is 14.7 Å². The minimum atomic E-state index is -0.491. The molecule has 3 nitrogen and oxygen atoms in total. The highest BCUT2D eigenvalue weighted by Gasteiger charge is 2.36. The average Bonchev–Trinajstić information content (AvgIpc) is 2.64. The Bertz CT molecular complexity index is 764. The molecule has 0 aromatic heterocycles. The summed E-state index contributed by atoms with van der Waals surface area (Å²) in [6.07, 6.45) is 5.77. The van der Waals surface area contributed by atoms with E-state index in [9.17, 15) is 5.11 Å². The van der Waals surface area contributed by atoms with E-state index in [1.807, 2.05) is 42.5 Å². The third kappa shape index (κ3) is 3.59. The second-order valence-corrected chi connectivity index (χ2v) is 7.34. The lowest BCUT2D eigenvalue weighted by Gasteiger charge is -2.42. The van der Waals surface area contributed by atoms with Gasteiger partial charge >= 0.3 is 0 Å². The summed E-state index contributed by atoms with van der Waals surface area (Å²) >= 11 is 5.91. The number of aliphatic hydroxyl groups is 1. The van der Waals surface area contributed by atoms with Crippen molar-refractivity contribution >= 4 is 17.7 Å². The van der Waals surface area contributed by atoms with Crippen molar-refractivity contribution in [2.24, 2.45) is 0 Å². The number of β-amino-alcohol motifs (C(OH)–C–C–N with tert-alkyl or cyclic N) is 1. The molecule has 130 valence electrons. The minimum absolute atomic E-state index is 0.198. The number of benzene rings is 2. The van der Waals surface area contributed by atoms with Gasteiger partial charge in [-0.3, -0.25) is 0 Å². The monoisotopic (exact) mass is 355 g/mol. The Hall–Kier alpha value is -1.81. The largest absolute Gasteiger partial charge is 0.482 e. The van der Waals surface area contributed by atoms with Gasteiger partial charge in [0, 0.05) is 43.1 Å². The van der Waals surface area contributed by atoms with Crippen LogP contribution in [0.3, 0.4) is 0 Å². The van der Waals surface area contributed by atoms with Crippen LogP contribution in [0.4, 0.5) is 0 Å². The van der Waals surface area contributed by atoms with Gasteiger partial charge in [0.25, 0.3) is 0 Å². The second kappa shape index (κ2) is 6.83. The van der Waals surface area contributed by atoms with Crippen LogP contribution in [0.1, 0.15) is 30.1 Å². The first-order chi connectivity index (χ1) is 12.1. The van der Waals surface area contributed by atoms with E-state index in [0.717, 1.165) is 42.8 Å². The van der Waals surface area contributed by atoms with Gasteiger partial charge in [0.1, 0.15) is 11.4 Å². The van der Waals surface area contributed by atoms with Crippen molar-refractivity contribution in [1.29, 1.82) is 0 Å². The highest BCUT2D eigenvalue weighted by Crippen LogP contribution is 2.37. The number of ether oxygens (including phenoxy) is 1. The number of halogens is 1. The molecular formula is C21H22ClNO2. The van der Waals surface area contributed by atoms with Crippen molar-refractivity contribution in [2.75, 3.05) is 19.6 Å². The summed E-state index contributed by atoms with van der Waals surface area (Å²) in [7, 11) is 0. The van der Waals surface area contributed by atoms with Crippen molar-refractivity contribution in [2.45, 2.75) is 24.5 Å². The molecule has 0 radical (unpaired) electrons. The first-order valence-corrected chi connectivity index (χ1v) is 9.15. The fraction of sp³-hybridized carbons (Fsp3) is 0.333. The fourth-order valence-electron chi connectivity index (χ4n) is 3.62. The number of nitrogens with zero attached hydrogens (tertiary/aromatic N) is 1. The molecule has 2 aromatic rings. The molecule has 4 rings (SSSR count). The predicted octanol–water partition coefficient (Wildman–Crippen LogP) is 4.31. The van der Waals surface area contributed by atoms with Gasteiger partial charge in [-0.05, 0) is 29.8 Å². The van der Waals surface area contributed by atoms with Crippen molar-refractivity contribution in [3.8, 4) is 5.75 Å². The second-order valence-electron chi connectivity index (χ2n) is 6.91. The number of piperidine rings is 1. The average molecular weight is 356 g/mol. The third-order valence-electron chi connectivity index (χ3n) is 5.19. The molecule has 2 aromatic carbocycles. The third-order valence-corrected chi connectivity index (χ3v) is 5.44. The molecule has 0 bridgehead atoms. The zero-order valence-corrected chi connectivity index (χ0v) is 14.8. The maximum Gasteiger partial charge on any atom is 0.130 e. The molecular weight excluding hydrogens is 334 g/mol. The van der Waals surface area contributed by atoms with Gasteiger partial charge in [-0.1, -0.05) is 48.0 Å². The zero-order valence-electron chi connectivity index (χ0n) is 14.1. The maximum absolute atomic E-state index is 10.5. The number of fused-ring (bicyclic) bond motifs is 1. The summed E-state index contributed by atoms with van der Waals surface area (Å²) in [4.78, 5) is 2.31. The molecule has 1 spiro atoms. The highest BCUT2D eigenvalue weighted by atomic mass is 35.5. The number of rotatable bonds is 3. The molecule has 1 saturated heterocycles. The normalized spacial score (nSPS) is 20.1. The lowest BCUT2D eigenvalue weighted by atomic mass is 9.88. The summed E-state index contributed by atoms with van der Waals surface area (Å²) in [6, 6.07) is 15.6. The Labute approximate surface area is 153 Å². The van der Waals surface area contributed by atoms with E-state index in [1.54, 1.807) is 0 Å². The van der Waals surface area contributed by atoms with Crippen molar-refractivity contribution in [3.05, 3.63) is 70.8 Å². The number of hydrogen-bond donors (Lipinski definition) is 1. The van der Waals surface area contributed by atoms with E-state index in [0.29, 0.717) is 11.6 Å². The van der Waals surface area contributed by atoms with E-state index in [1.165, 1.54) is 0 Å². The SMILES string of the molecule is OC(CN1CCC2(C=Cc3ccccc3O2)CC1)c1ccc(Cl)cc1. The van der Waals surface area contributed by atoms with E-state index in [2.05, 4.69) is 23.1 Å². The van der Waals surface area contributed by atoms with Crippen molar-refractivity contribution in [1.82, 2.24) is 4.90 Å². The molecule has 0 aliphatic carbocycles. The summed E-state index contributed by atoms with van der Waals surface area (Å²) in [5, 5.41) is 11.2. The van der Waals surface area contributed by atoms with Gasteiger partial charge in [0.2, 0.25) is 0 Å². The van der Waals surface area contributed by atoms with E-state index in [-0.39, 0.29) is 5.60 Å². The van der Waals surface area contributed by atoms with Crippen LogP contribution in [-0.2, 0) is 0 Å². The molecule has 4 heteroatoms. The minimum Gasteiger partial charge on any atom is -0.482 e. The molecule has 2 aliphatic rings. The Morgan fingerprint density at radius 1 is 1.08 bits per heavy atom. The number of hydrogen-bond acceptors (Lipinski definition) is 3. The van der Waals surface area contributed by atoms with Crippen LogP contribution >= 0.6 is 11.6 Å². The summed E-state index contributed by atoms with van der Waals surface area (Å²) < 4.78 is 6.32. The van der Waals surface area contributed by atoms with Crippen LogP contribution in [0.25, 0.3) is 6.08 Å². The molecule has 1 atom stereocenters. The first kappa shape index (κ1) is 16.6. The first-order valence-electron chi connectivity index (χ1n) is 8.77. The van der Waals surface area contributed by atoms with Crippen LogP contribution in [0, 0.1) is 0 Å². The summed E-state index contributed by atoms with van der Waals surface area (Å²) in [5.41, 5.74) is 1.86. The van der Waals surface area contributed by atoms with Gasteiger partial charge in [-0.2, -0.15) is 0 Å². The molecule has 0 amide bonds. The molecule has 2 heterocycles. The molecule has 1 N–H and O–H groups in total. The Morgan fingerprint density at radius 3 is 2.56 bits per heavy atom. The van der Waals surface area contributed by atoms with Crippen molar-refractivity contribution < 1.29 is 9.84 Å². The quantitative estimate of drug-likeness (QED) is 0.890. The number of para-hydroxylation sites is 1. The predicted molar refractivity (Wildman–Crippen MR) is 101 cm³/mol.